The van der Waals surface area contributed by atoms with Crippen LogP contribution in [0.15, 0.2) is 54.6 Å². The fourth-order valence-electron chi connectivity index (χ4n) is 3.15. The molecule has 2 aromatic carbocycles. The van der Waals surface area contributed by atoms with Crippen LogP contribution < -0.4 is 0 Å². The summed E-state index contributed by atoms with van der Waals surface area (Å²) in [7, 11) is 0. The van der Waals surface area contributed by atoms with Gasteiger partial charge in [0.2, 0.25) is 5.13 Å². The molecule has 28 heavy (non-hydrogen) atoms. The molecule has 0 bridgehead atoms. The molecule has 6 heteroatoms. The maximum absolute atomic E-state index is 13.5. The van der Waals surface area contributed by atoms with Gasteiger partial charge in [-0.15, -0.1) is 0 Å². The van der Waals surface area contributed by atoms with E-state index in [1.807, 2.05) is 24.3 Å². The molecule has 0 amide bonds. The summed E-state index contributed by atoms with van der Waals surface area (Å²) < 4.78 is 16.4. The molecule has 0 aliphatic carbocycles. The van der Waals surface area contributed by atoms with Crippen LogP contribution in [0.25, 0.3) is 32.7 Å². The van der Waals surface area contributed by atoms with E-state index in [4.69, 9.17) is 10.1 Å². The third-order valence-corrected chi connectivity index (χ3v) is 5.43. The van der Waals surface area contributed by atoms with E-state index in [0.717, 1.165) is 44.1 Å². The summed E-state index contributed by atoms with van der Waals surface area (Å²) in [4.78, 5) is 15.7. The summed E-state index contributed by atoms with van der Waals surface area (Å²) in [6.07, 6.45) is 3.96. The van der Waals surface area contributed by atoms with Gasteiger partial charge in [-0.05, 0) is 54.5 Å². The maximum Gasteiger partial charge on any atom is 0.212 e. The van der Waals surface area contributed by atoms with Crippen LogP contribution in [-0.2, 0) is 4.79 Å². The van der Waals surface area contributed by atoms with Crippen LogP contribution >= 0.6 is 11.3 Å². The van der Waals surface area contributed by atoms with Crippen molar-refractivity contribution in [3.63, 3.8) is 0 Å². The molecule has 4 nitrogen and oxygen atoms in total. The summed E-state index contributed by atoms with van der Waals surface area (Å²) >= 11 is 1.54. The Morgan fingerprint density at radius 1 is 1.11 bits per heavy atom. The van der Waals surface area contributed by atoms with E-state index in [1.54, 1.807) is 34.2 Å². The number of hydrogen-bond donors (Lipinski definition) is 0. The molecule has 140 valence electrons. The van der Waals surface area contributed by atoms with E-state index < -0.39 is 0 Å². The number of rotatable bonds is 5. The van der Waals surface area contributed by atoms with Crippen molar-refractivity contribution in [2.75, 3.05) is 0 Å². The summed E-state index contributed by atoms with van der Waals surface area (Å²) in [6.45, 7) is 4.11. The number of aldehydes is 1. The second-order valence-corrected chi connectivity index (χ2v) is 7.69. The van der Waals surface area contributed by atoms with Crippen molar-refractivity contribution in [1.29, 1.82) is 0 Å². The molecule has 0 atom stereocenters. The first-order valence-electron chi connectivity index (χ1n) is 8.95. The third kappa shape index (κ3) is 3.27. The van der Waals surface area contributed by atoms with Gasteiger partial charge >= 0.3 is 0 Å². The van der Waals surface area contributed by atoms with Crippen LogP contribution in [0, 0.1) is 5.82 Å². The highest BCUT2D eigenvalue weighted by Crippen LogP contribution is 2.35. The quantitative estimate of drug-likeness (QED) is 0.327. The highest BCUT2D eigenvalue weighted by molar-refractivity contribution is 7.20. The zero-order chi connectivity index (χ0) is 19.7. The predicted molar refractivity (Wildman–Crippen MR) is 111 cm³/mol. The molecular weight excluding hydrogens is 373 g/mol. The minimum absolute atomic E-state index is 0.140. The van der Waals surface area contributed by atoms with E-state index in [-0.39, 0.29) is 11.7 Å². The Morgan fingerprint density at radius 2 is 1.86 bits per heavy atom. The van der Waals surface area contributed by atoms with Gasteiger partial charge < -0.3 is 0 Å². The van der Waals surface area contributed by atoms with E-state index in [1.165, 1.54) is 18.2 Å². The molecule has 0 fully saturated rings. The van der Waals surface area contributed by atoms with Gasteiger partial charge in [-0.25, -0.2) is 14.1 Å². The standard InChI is InChI=1S/C22H18FN3OS/c1-14(2)20-17(6-5-13-27)21(15-9-11-16(23)12-10-15)26(25-20)22-24-18-7-3-4-8-19(18)28-22/h3-14H,1-2H3. The van der Waals surface area contributed by atoms with Gasteiger partial charge in [0.05, 0.1) is 21.6 Å². The lowest BCUT2D eigenvalue weighted by molar-refractivity contribution is -0.104. The molecule has 0 saturated heterocycles. The van der Waals surface area contributed by atoms with Gasteiger partial charge in [0.25, 0.3) is 0 Å². The molecule has 0 radical (unpaired) electrons. The monoisotopic (exact) mass is 391 g/mol. The summed E-state index contributed by atoms with van der Waals surface area (Å²) in [6, 6.07) is 14.2. The number of benzene rings is 2. The van der Waals surface area contributed by atoms with Crippen LogP contribution in [0.5, 0.6) is 0 Å². The SMILES string of the molecule is CC(C)c1nn(-c2nc3ccccc3s2)c(-c2ccc(F)cc2)c1C=CC=O. The van der Waals surface area contributed by atoms with Crippen LogP contribution in [0.2, 0.25) is 0 Å². The first kappa shape index (κ1) is 18.3. The minimum atomic E-state index is -0.302. The Balaban J connectivity index is 2.02. The molecule has 2 aromatic heterocycles. The number of carbonyl (C=O) groups is 1. The van der Waals surface area contributed by atoms with Crippen molar-refractivity contribution in [2.24, 2.45) is 0 Å². The lowest BCUT2D eigenvalue weighted by Crippen LogP contribution is -1.99. The molecule has 0 unspecified atom stereocenters. The van der Waals surface area contributed by atoms with Gasteiger partial charge in [-0.2, -0.15) is 5.10 Å². The van der Waals surface area contributed by atoms with Crippen LogP contribution in [0.1, 0.15) is 31.0 Å². The van der Waals surface area contributed by atoms with Crippen molar-refractivity contribution in [1.82, 2.24) is 14.8 Å². The van der Waals surface area contributed by atoms with E-state index >= 15 is 0 Å². The van der Waals surface area contributed by atoms with Crippen LogP contribution in [0.3, 0.4) is 0 Å². The first-order valence-corrected chi connectivity index (χ1v) is 9.76. The molecule has 2 heterocycles. The minimum Gasteiger partial charge on any atom is -0.299 e. The fourth-order valence-corrected chi connectivity index (χ4v) is 4.07. The number of para-hydroxylation sites is 1. The lowest BCUT2D eigenvalue weighted by Gasteiger charge is -2.06. The number of fused-ring (bicyclic) bond motifs is 1. The fraction of sp³-hybridized carbons (Fsp3) is 0.136. The Labute approximate surface area is 166 Å². The third-order valence-electron chi connectivity index (χ3n) is 4.42. The normalized spacial score (nSPS) is 11.7. The van der Waals surface area contributed by atoms with E-state index in [0.29, 0.717) is 0 Å². The number of halogens is 1. The summed E-state index contributed by atoms with van der Waals surface area (Å²) in [5, 5.41) is 5.56. The predicted octanol–water partition coefficient (Wildman–Crippen LogP) is 5.62. The first-order chi connectivity index (χ1) is 13.6. The van der Waals surface area contributed by atoms with Crippen molar-refractivity contribution >= 4 is 33.9 Å². The molecule has 0 saturated carbocycles. The molecule has 0 aliphatic rings. The average Bonchev–Trinajstić information content (AvgIpc) is 3.28. The largest absolute Gasteiger partial charge is 0.299 e. The number of allylic oxidation sites excluding steroid dienone is 1. The number of aromatic nitrogens is 3. The van der Waals surface area contributed by atoms with Crippen molar-refractivity contribution < 1.29 is 9.18 Å². The second-order valence-electron chi connectivity index (χ2n) is 6.68. The summed E-state index contributed by atoms with van der Waals surface area (Å²) in [5.74, 6) is -0.162. The Bertz CT molecular complexity index is 1140. The Hall–Kier alpha value is -3.12. The van der Waals surface area contributed by atoms with Gasteiger partial charge in [0.1, 0.15) is 12.1 Å². The molecule has 0 spiro atoms. The van der Waals surface area contributed by atoms with Crippen LogP contribution in [-0.4, -0.2) is 21.1 Å². The molecule has 4 aromatic rings. The van der Waals surface area contributed by atoms with Crippen molar-refractivity contribution in [3.05, 3.63) is 71.7 Å². The van der Waals surface area contributed by atoms with Gasteiger partial charge in [-0.3, -0.25) is 4.79 Å². The summed E-state index contributed by atoms with van der Waals surface area (Å²) in [5.41, 5.74) is 4.20. The second kappa shape index (κ2) is 7.48. The van der Waals surface area contributed by atoms with Gasteiger partial charge in [0.15, 0.2) is 0 Å². The van der Waals surface area contributed by atoms with E-state index in [2.05, 4.69) is 13.8 Å². The van der Waals surface area contributed by atoms with Gasteiger partial charge in [0, 0.05) is 11.1 Å². The number of carbonyl (C=O) groups excluding carboxylic acids is 1. The highest BCUT2D eigenvalue weighted by Gasteiger charge is 2.22. The maximum atomic E-state index is 13.5. The van der Waals surface area contributed by atoms with Gasteiger partial charge in [-0.1, -0.05) is 37.3 Å². The Kier molecular flexibility index (Phi) is 4.88. The van der Waals surface area contributed by atoms with Crippen molar-refractivity contribution in [2.45, 2.75) is 19.8 Å². The zero-order valence-electron chi connectivity index (χ0n) is 15.5. The lowest BCUT2D eigenvalue weighted by atomic mass is 10.00. The smallest absolute Gasteiger partial charge is 0.212 e. The number of nitrogens with zero attached hydrogens (tertiary/aromatic N) is 3. The van der Waals surface area contributed by atoms with Crippen LogP contribution in [0.4, 0.5) is 4.39 Å². The molecule has 0 N–H and O–H groups in total. The van der Waals surface area contributed by atoms with Crippen molar-refractivity contribution in [3.8, 4) is 16.4 Å². The number of hydrogen-bond acceptors (Lipinski definition) is 4. The number of thiazole rings is 1. The average molecular weight is 391 g/mol. The molecular formula is C22H18FN3OS. The molecule has 4 rings (SSSR count). The molecule has 0 aliphatic heterocycles. The highest BCUT2D eigenvalue weighted by atomic mass is 32.1. The van der Waals surface area contributed by atoms with E-state index in [9.17, 15) is 9.18 Å². The Morgan fingerprint density at radius 3 is 2.54 bits per heavy atom. The zero-order valence-corrected chi connectivity index (χ0v) is 16.3. The topological polar surface area (TPSA) is 47.8 Å².